The summed E-state index contributed by atoms with van der Waals surface area (Å²) in [6.07, 6.45) is 0.917. The standard InChI is InChI=1S/C31H59O7Si2.3CH3.Sn/c1-16-17-18-21(38-40(14,15)29(5,6)7)22-19-23-25(36-30(8,9)34-23)27(33-22)26-24(35-31(10,11)37-26)20-32-39(12,13)28(2,3)4;;;;/h21-27H,1,17-20H2,2-15H3;3*1H3;/t21-,22-,23-,24-,25-,26-,27-;;;;/m1..../s1. The van der Waals surface area contributed by atoms with Crippen LogP contribution in [0.15, 0.2) is 10.2 Å². The fourth-order valence-corrected chi connectivity index (χ4v) is 10.7. The average molecular weight is 764 g/mol. The van der Waals surface area contributed by atoms with Gasteiger partial charge in [0.2, 0.25) is 0 Å². The Morgan fingerprint density at radius 3 is 1.86 bits per heavy atom. The molecule has 0 N–H and O–H groups in total. The molecule has 0 spiro atoms. The predicted molar refractivity (Wildman–Crippen MR) is 188 cm³/mol. The van der Waals surface area contributed by atoms with Crippen LogP contribution in [0.2, 0.25) is 51.1 Å². The van der Waals surface area contributed by atoms with Crippen LogP contribution in [0.1, 0.15) is 88.5 Å². The third-order valence-corrected chi connectivity index (χ3v) is 26.5. The van der Waals surface area contributed by atoms with Crippen LogP contribution in [0, 0.1) is 0 Å². The second-order valence-electron chi connectivity index (χ2n) is 18.5. The summed E-state index contributed by atoms with van der Waals surface area (Å²) in [4.78, 5) is 7.32. The molecule has 0 bridgehead atoms. The Bertz CT molecular complexity index is 1010. The number of allylic oxidation sites excluding steroid dienone is 1. The molecule has 44 heavy (non-hydrogen) atoms. The molecule has 3 aliphatic heterocycles. The average Bonchev–Trinajstić information content (AvgIpc) is 3.30. The molecule has 0 saturated carbocycles. The third kappa shape index (κ3) is 9.43. The maximum atomic E-state index is 7.22. The van der Waals surface area contributed by atoms with E-state index in [1.54, 1.807) is 0 Å². The SMILES string of the molecule is C=[C](CC[C@@H](O[Si](C)(C)C(C)(C)C)[C@H]1C[C@H]2OC(C)(C)O[C@H]2[C@H]([C@@H]2OC(C)(C)O[C@@H]2CO[Si](C)(C)C(C)(C)C)O1)[Sn]([CH3])([CH3])[CH3]. The number of ether oxygens (including phenoxy) is 5. The molecule has 7 atom stereocenters. The summed E-state index contributed by atoms with van der Waals surface area (Å²) in [5, 5.41) is 0.173. The van der Waals surface area contributed by atoms with E-state index in [2.05, 4.69) is 89.1 Å². The van der Waals surface area contributed by atoms with Gasteiger partial charge in [0.05, 0.1) is 0 Å². The first-order valence-electron chi connectivity index (χ1n) is 16.9. The summed E-state index contributed by atoms with van der Waals surface area (Å²) in [6.45, 7) is 35.9. The molecule has 0 amide bonds. The van der Waals surface area contributed by atoms with Gasteiger partial charge in [-0.3, -0.25) is 0 Å². The molecule has 0 unspecified atom stereocenters. The van der Waals surface area contributed by atoms with Crippen molar-refractivity contribution < 1.29 is 32.5 Å². The zero-order valence-electron chi connectivity index (χ0n) is 31.4. The second-order valence-corrected chi connectivity index (χ2v) is 43.0. The predicted octanol–water partition coefficient (Wildman–Crippen LogP) is 8.81. The molecule has 0 aromatic heterocycles. The van der Waals surface area contributed by atoms with Crippen LogP contribution in [0.4, 0.5) is 0 Å². The molecule has 0 radical (unpaired) electrons. The quantitative estimate of drug-likeness (QED) is 0.195. The van der Waals surface area contributed by atoms with E-state index in [4.69, 9.17) is 32.5 Å². The van der Waals surface area contributed by atoms with E-state index in [0.717, 1.165) is 19.3 Å². The van der Waals surface area contributed by atoms with Gasteiger partial charge in [-0.25, -0.2) is 0 Å². The fourth-order valence-electron chi connectivity index (χ4n) is 5.74. The molecule has 3 heterocycles. The second kappa shape index (κ2) is 13.2. The fraction of sp³-hybridized carbons (Fsp3) is 0.941. The van der Waals surface area contributed by atoms with Crippen LogP contribution in [-0.4, -0.2) is 95.9 Å². The van der Waals surface area contributed by atoms with Gasteiger partial charge < -0.3 is 0 Å². The molecule has 3 rings (SSSR count). The number of hydrogen-bond donors (Lipinski definition) is 0. The molecule has 0 aromatic rings. The Morgan fingerprint density at radius 1 is 0.818 bits per heavy atom. The van der Waals surface area contributed by atoms with Gasteiger partial charge >= 0.3 is 239 Å². The van der Waals surface area contributed by atoms with Gasteiger partial charge in [-0.05, 0) is 18.1 Å². The molecule has 3 saturated heterocycles. The number of rotatable bonds is 11. The Balaban J connectivity index is 1.96. The minimum atomic E-state index is -2.26. The van der Waals surface area contributed by atoms with Gasteiger partial charge in [0, 0.05) is 0 Å². The first-order valence-corrected chi connectivity index (χ1v) is 32.7. The van der Waals surface area contributed by atoms with Crippen molar-refractivity contribution in [2.75, 3.05) is 6.61 Å². The maximum absolute atomic E-state index is 7.22. The molecular weight excluding hydrogens is 695 g/mol. The van der Waals surface area contributed by atoms with Gasteiger partial charge in [0.25, 0.3) is 0 Å². The van der Waals surface area contributed by atoms with Gasteiger partial charge in [-0.15, -0.1) is 0 Å². The van der Waals surface area contributed by atoms with Crippen LogP contribution in [0.5, 0.6) is 0 Å². The Hall–Kier alpha value is 0.692. The van der Waals surface area contributed by atoms with Crippen molar-refractivity contribution in [1.82, 2.24) is 0 Å². The summed E-state index contributed by atoms with van der Waals surface area (Å²) in [5.41, 5.74) is 0. The summed E-state index contributed by atoms with van der Waals surface area (Å²) in [7, 11) is -4.12. The molecule has 7 nitrogen and oxygen atoms in total. The van der Waals surface area contributed by atoms with E-state index in [-0.39, 0.29) is 52.8 Å². The summed E-state index contributed by atoms with van der Waals surface area (Å²) < 4.78 is 48.9. The first kappa shape index (κ1) is 39.1. The van der Waals surface area contributed by atoms with Gasteiger partial charge in [0.15, 0.2) is 0 Å². The van der Waals surface area contributed by atoms with Gasteiger partial charge in [-0.2, -0.15) is 0 Å². The molecule has 10 heteroatoms. The number of hydrogen-bond acceptors (Lipinski definition) is 7. The summed E-state index contributed by atoms with van der Waals surface area (Å²) in [6, 6.07) is 0. The topological polar surface area (TPSA) is 64.6 Å². The van der Waals surface area contributed by atoms with E-state index in [9.17, 15) is 0 Å². The van der Waals surface area contributed by atoms with Crippen molar-refractivity contribution in [1.29, 1.82) is 0 Å². The molecule has 3 aliphatic rings. The molecule has 0 aromatic carbocycles. The van der Waals surface area contributed by atoms with E-state index >= 15 is 0 Å². The van der Waals surface area contributed by atoms with Crippen LogP contribution in [0.25, 0.3) is 0 Å². The van der Waals surface area contributed by atoms with Crippen molar-refractivity contribution in [2.24, 2.45) is 0 Å². The van der Waals surface area contributed by atoms with E-state index in [1.165, 1.54) is 3.59 Å². The van der Waals surface area contributed by atoms with Crippen molar-refractivity contribution in [3.05, 3.63) is 10.2 Å². The van der Waals surface area contributed by atoms with Gasteiger partial charge in [-0.1, -0.05) is 20.8 Å². The Kier molecular flexibility index (Phi) is 11.7. The summed E-state index contributed by atoms with van der Waals surface area (Å²) >= 11 is -2.26. The summed E-state index contributed by atoms with van der Waals surface area (Å²) in [5.74, 6) is -1.47. The zero-order chi connectivity index (χ0) is 33.9. The molecular formula is C34H68O7Si2Sn. The molecule has 3 fully saturated rings. The van der Waals surface area contributed by atoms with Crippen LogP contribution >= 0.6 is 0 Å². The van der Waals surface area contributed by atoms with Crippen LogP contribution < -0.4 is 0 Å². The van der Waals surface area contributed by atoms with Crippen molar-refractivity contribution in [2.45, 2.75) is 194 Å². The zero-order valence-corrected chi connectivity index (χ0v) is 36.3. The van der Waals surface area contributed by atoms with Crippen molar-refractivity contribution in [3.63, 3.8) is 0 Å². The van der Waals surface area contributed by atoms with Crippen molar-refractivity contribution >= 4 is 35.0 Å². The molecule has 258 valence electrons. The normalized spacial score (nSPS) is 32.0. The number of fused-ring (bicyclic) bond motifs is 1. The van der Waals surface area contributed by atoms with Gasteiger partial charge in [0.1, 0.15) is 0 Å². The Morgan fingerprint density at radius 2 is 1.34 bits per heavy atom. The van der Waals surface area contributed by atoms with Crippen LogP contribution in [-0.2, 0) is 32.5 Å². The van der Waals surface area contributed by atoms with E-state index < -0.39 is 46.6 Å². The van der Waals surface area contributed by atoms with E-state index in [1.807, 2.05) is 27.7 Å². The van der Waals surface area contributed by atoms with Crippen LogP contribution in [0.3, 0.4) is 0 Å². The first-order chi connectivity index (χ1) is 19.6. The Labute approximate surface area is 276 Å². The minimum absolute atomic E-state index is 0.0747. The molecule has 0 aliphatic carbocycles. The van der Waals surface area contributed by atoms with E-state index in [0.29, 0.717) is 6.61 Å². The third-order valence-electron chi connectivity index (χ3n) is 10.8. The van der Waals surface area contributed by atoms with Crippen molar-refractivity contribution in [3.8, 4) is 0 Å². The monoisotopic (exact) mass is 764 g/mol.